The van der Waals surface area contributed by atoms with Crippen LogP contribution in [0.25, 0.3) is 0 Å². The van der Waals surface area contributed by atoms with Crippen molar-refractivity contribution in [3.8, 4) is 0 Å². The first-order valence-electron chi connectivity index (χ1n) is 9.07. The summed E-state index contributed by atoms with van der Waals surface area (Å²) in [4.78, 5) is 27.0. The number of nitrogens with one attached hydrogen (secondary N) is 1. The predicted octanol–water partition coefficient (Wildman–Crippen LogP) is 2.56. The summed E-state index contributed by atoms with van der Waals surface area (Å²) in [6.07, 6.45) is 4.67. The van der Waals surface area contributed by atoms with Gasteiger partial charge < -0.3 is 19.7 Å². The van der Waals surface area contributed by atoms with Gasteiger partial charge in [0.15, 0.2) is 0 Å². The largest absolute Gasteiger partial charge is 0.444 e. The molecule has 0 bridgehead atoms. The molecule has 0 unspecified atom stereocenters. The number of amides is 2. The van der Waals surface area contributed by atoms with Gasteiger partial charge in [0.1, 0.15) is 11.6 Å². The van der Waals surface area contributed by atoms with Crippen molar-refractivity contribution in [3.05, 3.63) is 0 Å². The molecule has 0 aromatic carbocycles. The molecule has 1 N–H and O–H groups in total. The Bertz CT molecular complexity index is 441. The average Bonchev–Trinajstić information content (AvgIpc) is 2.42. The fourth-order valence-corrected chi connectivity index (χ4v) is 3.42. The number of methoxy groups -OCH3 is 1. The Kier molecular flexibility index (Phi) is 6.49. The number of likely N-dealkylation sites (tertiary alicyclic amines) is 1. The molecular weight excluding hydrogens is 308 g/mol. The monoisotopic (exact) mass is 340 g/mol. The molecule has 2 fully saturated rings. The summed E-state index contributed by atoms with van der Waals surface area (Å²) in [6, 6.07) is -0.463. The highest BCUT2D eigenvalue weighted by molar-refractivity contribution is 5.86. The second-order valence-corrected chi connectivity index (χ2v) is 8.06. The molecule has 1 heterocycles. The lowest BCUT2D eigenvalue weighted by Gasteiger charge is -2.39. The van der Waals surface area contributed by atoms with E-state index < -0.39 is 17.7 Å². The quantitative estimate of drug-likeness (QED) is 0.835. The van der Waals surface area contributed by atoms with E-state index >= 15 is 0 Å². The molecule has 2 amide bonds. The SMILES string of the molecule is COC[C@H]1CCCN(C(=O)[C@H](NC(=O)OC(C)(C)C)C2CCC2)C1. The Balaban J connectivity index is 1.98. The molecular formula is C18H32N2O4. The highest BCUT2D eigenvalue weighted by atomic mass is 16.6. The van der Waals surface area contributed by atoms with Crippen LogP contribution in [0.15, 0.2) is 0 Å². The lowest BCUT2D eigenvalue weighted by atomic mass is 9.79. The fraction of sp³-hybridized carbons (Fsp3) is 0.889. The molecule has 1 saturated carbocycles. The van der Waals surface area contributed by atoms with Crippen molar-refractivity contribution in [2.24, 2.45) is 11.8 Å². The summed E-state index contributed by atoms with van der Waals surface area (Å²) in [5.41, 5.74) is -0.564. The van der Waals surface area contributed by atoms with Crippen LogP contribution in [0.3, 0.4) is 0 Å². The molecule has 1 aliphatic carbocycles. The number of piperidine rings is 1. The summed E-state index contributed by atoms with van der Waals surface area (Å²) in [5.74, 6) is 0.649. The average molecular weight is 340 g/mol. The molecule has 0 radical (unpaired) electrons. The van der Waals surface area contributed by atoms with Crippen molar-refractivity contribution < 1.29 is 19.1 Å². The van der Waals surface area contributed by atoms with Gasteiger partial charge in [0.2, 0.25) is 5.91 Å². The van der Waals surface area contributed by atoms with E-state index in [-0.39, 0.29) is 11.8 Å². The van der Waals surface area contributed by atoms with Crippen molar-refractivity contribution in [1.82, 2.24) is 10.2 Å². The number of carbonyl (C=O) groups is 2. The summed E-state index contributed by atoms with van der Waals surface area (Å²) < 4.78 is 10.6. The van der Waals surface area contributed by atoms with Crippen LogP contribution >= 0.6 is 0 Å². The molecule has 2 aliphatic rings. The zero-order chi connectivity index (χ0) is 17.7. The Hall–Kier alpha value is -1.30. The third-order valence-corrected chi connectivity index (χ3v) is 4.79. The molecule has 138 valence electrons. The van der Waals surface area contributed by atoms with Gasteiger partial charge in [-0.1, -0.05) is 6.42 Å². The number of rotatable bonds is 5. The lowest BCUT2D eigenvalue weighted by molar-refractivity contribution is -0.138. The van der Waals surface area contributed by atoms with Crippen molar-refractivity contribution in [3.63, 3.8) is 0 Å². The number of alkyl carbamates (subject to hydrolysis) is 1. The van der Waals surface area contributed by atoms with Gasteiger partial charge in [-0.25, -0.2) is 4.79 Å². The molecule has 2 rings (SSSR count). The Labute approximate surface area is 145 Å². The summed E-state index contributed by atoms with van der Waals surface area (Å²) in [6.45, 7) is 7.63. The van der Waals surface area contributed by atoms with Crippen LogP contribution in [0.1, 0.15) is 52.9 Å². The second kappa shape index (κ2) is 8.19. The summed E-state index contributed by atoms with van der Waals surface area (Å²) in [5, 5.41) is 2.84. The van der Waals surface area contributed by atoms with Gasteiger partial charge in [0.05, 0.1) is 6.61 Å². The van der Waals surface area contributed by atoms with E-state index in [9.17, 15) is 9.59 Å². The zero-order valence-corrected chi connectivity index (χ0v) is 15.5. The van der Waals surface area contributed by atoms with Gasteiger partial charge in [-0.3, -0.25) is 4.79 Å². The highest BCUT2D eigenvalue weighted by Crippen LogP contribution is 2.31. The van der Waals surface area contributed by atoms with E-state index in [1.165, 1.54) is 0 Å². The molecule has 24 heavy (non-hydrogen) atoms. The number of carbonyl (C=O) groups excluding carboxylic acids is 2. The Morgan fingerprint density at radius 3 is 2.46 bits per heavy atom. The van der Waals surface area contributed by atoms with E-state index in [0.29, 0.717) is 19.1 Å². The summed E-state index contributed by atoms with van der Waals surface area (Å²) in [7, 11) is 1.70. The molecule has 0 aromatic heterocycles. The maximum atomic E-state index is 13.0. The Morgan fingerprint density at radius 1 is 1.21 bits per heavy atom. The van der Waals surface area contributed by atoms with Crippen molar-refractivity contribution >= 4 is 12.0 Å². The van der Waals surface area contributed by atoms with Crippen LogP contribution < -0.4 is 5.32 Å². The number of hydrogen-bond donors (Lipinski definition) is 1. The minimum absolute atomic E-state index is 0.0337. The standard InChI is InChI=1S/C18H32N2O4/c1-18(2,3)24-17(22)19-15(14-8-5-9-14)16(21)20-10-6-7-13(11-20)12-23-4/h13-15H,5-12H2,1-4H3,(H,19,22)/t13-,15+/m0/s1. The van der Waals surface area contributed by atoms with E-state index in [1.807, 2.05) is 25.7 Å². The van der Waals surface area contributed by atoms with Crippen molar-refractivity contribution in [1.29, 1.82) is 0 Å². The molecule has 0 spiro atoms. The van der Waals surface area contributed by atoms with Crippen molar-refractivity contribution in [2.45, 2.75) is 64.5 Å². The van der Waals surface area contributed by atoms with Gasteiger partial charge in [0, 0.05) is 20.2 Å². The molecule has 1 aliphatic heterocycles. The van der Waals surface area contributed by atoms with Crippen LogP contribution in [0.4, 0.5) is 4.79 Å². The first kappa shape index (κ1) is 19.0. The number of hydrogen-bond acceptors (Lipinski definition) is 4. The highest BCUT2D eigenvalue weighted by Gasteiger charge is 2.38. The van der Waals surface area contributed by atoms with Crippen LogP contribution in [-0.2, 0) is 14.3 Å². The topological polar surface area (TPSA) is 67.9 Å². The first-order valence-corrected chi connectivity index (χ1v) is 9.07. The van der Waals surface area contributed by atoms with Gasteiger partial charge in [-0.2, -0.15) is 0 Å². The van der Waals surface area contributed by atoms with Crippen molar-refractivity contribution in [2.75, 3.05) is 26.8 Å². The van der Waals surface area contributed by atoms with Gasteiger partial charge >= 0.3 is 6.09 Å². The molecule has 0 aromatic rings. The predicted molar refractivity (Wildman–Crippen MR) is 91.7 cm³/mol. The Morgan fingerprint density at radius 2 is 1.92 bits per heavy atom. The third-order valence-electron chi connectivity index (χ3n) is 4.79. The van der Waals surface area contributed by atoms with E-state index in [0.717, 1.165) is 38.6 Å². The van der Waals surface area contributed by atoms with E-state index in [1.54, 1.807) is 7.11 Å². The van der Waals surface area contributed by atoms with Crippen LogP contribution in [0.5, 0.6) is 0 Å². The number of ether oxygens (including phenoxy) is 2. The number of nitrogens with zero attached hydrogens (tertiary/aromatic N) is 1. The first-order chi connectivity index (χ1) is 11.3. The van der Waals surface area contributed by atoms with Gasteiger partial charge in [0.25, 0.3) is 0 Å². The van der Waals surface area contributed by atoms with Crippen LogP contribution in [0.2, 0.25) is 0 Å². The third kappa shape index (κ3) is 5.36. The molecule has 2 atom stereocenters. The van der Waals surface area contributed by atoms with E-state index in [4.69, 9.17) is 9.47 Å². The minimum atomic E-state index is -0.564. The summed E-state index contributed by atoms with van der Waals surface area (Å²) >= 11 is 0. The fourth-order valence-electron chi connectivity index (χ4n) is 3.42. The smallest absolute Gasteiger partial charge is 0.408 e. The van der Waals surface area contributed by atoms with Crippen LogP contribution in [0, 0.1) is 11.8 Å². The molecule has 6 nitrogen and oxygen atoms in total. The maximum Gasteiger partial charge on any atom is 0.408 e. The van der Waals surface area contributed by atoms with Gasteiger partial charge in [-0.05, 0) is 58.3 Å². The van der Waals surface area contributed by atoms with E-state index in [2.05, 4.69) is 5.32 Å². The van der Waals surface area contributed by atoms with Gasteiger partial charge in [-0.15, -0.1) is 0 Å². The molecule has 1 saturated heterocycles. The normalized spacial score (nSPS) is 23.3. The molecule has 6 heteroatoms. The maximum absolute atomic E-state index is 13.0. The van der Waals surface area contributed by atoms with Crippen LogP contribution in [-0.4, -0.2) is 55.3 Å². The second-order valence-electron chi connectivity index (χ2n) is 8.06. The minimum Gasteiger partial charge on any atom is -0.444 e. The lowest BCUT2D eigenvalue weighted by Crippen LogP contribution is -2.56. The zero-order valence-electron chi connectivity index (χ0n) is 15.5.